The van der Waals surface area contributed by atoms with E-state index in [0.717, 1.165) is 16.7 Å². The summed E-state index contributed by atoms with van der Waals surface area (Å²) in [5.74, 6) is 6.06. The van der Waals surface area contributed by atoms with E-state index >= 15 is 0 Å². The van der Waals surface area contributed by atoms with Gasteiger partial charge >= 0.3 is 0 Å². The van der Waals surface area contributed by atoms with E-state index in [1.54, 1.807) is 12.3 Å². The molecule has 4 nitrogen and oxygen atoms in total. The number of amides is 1. The summed E-state index contributed by atoms with van der Waals surface area (Å²) in [6, 6.07) is 9.22. The fraction of sp³-hybridized carbons (Fsp3) is 0.176. The Hall–Kier alpha value is -2.64. The largest absolute Gasteiger partial charge is 0.320 e. The molecule has 0 aliphatic carbocycles. The molecule has 0 atom stereocenters. The summed E-state index contributed by atoms with van der Waals surface area (Å²) in [4.78, 5) is 16.5. The van der Waals surface area contributed by atoms with Crippen molar-refractivity contribution in [3.05, 3.63) is 58.8 Å². The highest BCUT2D eigenvalue weighted by Gasteiger charge is 2.10. The van der Waals surface area contributed by atoms with Crippen LogP contribution in [0.15, 0.2) is 36.5 Å². The molecule has 2 rings (SSSR count). The number of carbonyl (C=O) groups excluding carboxylic acids is 1. The summed E-state index contributed by atoms with van der Waals surface area (Å²) < 4.78 is 0. The average Bonchev–Trinajstić information content (AvgIpc) is 2.46. The Morgan fingerprint density at radius 3 is 2.81 bits per heavy atom. The van der Waals surface area contributed by atoms with E-state index in [4.69, 9.17) is 5.73 Å². The molecule has 0 saturated carbocycles. The number of nitrogens with two attached hydrogens (primary N) is 1. The maximum absolute atomic E-state index is 12.3. The molecular weight excluding hydrogens is 262 g/mol. The van der Waals surface area contributed by atoms with E-state index in [2.05, 4.69) is 22.1 Å². The number of nitrogens with one attached hydrogen (secondary N) is 1. The van der Waals surface area contributed by atoms with Crippen molar-refractivity contribution in [2.75, 3.05) is 11.9 Å². The first-order valence-electron chi connectivity index (χ1n) is 6.64. The Kier molecular flexibility index (Phi) is 4.70. The Morgan fingerprint density at radius 1 is 1.29 bits per heavy atom. The van der Waals surface area contributed by atoms with E-state index in [1.165, 1.54) is 0 Å². The highest BCUT2D eigenvalue weighted by Crippen LogP contribution is 2.13. The lowest BCUT2D eigenvalue weighted by Crippen LogP contribution is -2.14. The van der Waals surface area contributed by atoms with Crippen molar-refractivity contribution in [3.63, 3.8) is 0 Å². The molecule has 0 fully saturated rings. The number of pyridine rings is 1. The van der Waals surface area contributed by atoms with E-state index in [9.17, 15) is 4.79 Å². The van der Waals surface area contributed by atoms with Crippen molar-refractivity contribution in [2.45, 2.75) is 13.8 Å². The number of aromatic nitrogens is 1. The zero-order valence-corrected chi connectivity index (χ0v) is 12.1. The Bertz CT molecular complexity index is 726. The topological polar surface area (TPSA) is 68.0 Å². The fourth-order valence-corrected chi connectivity index (χ4v) is 1.89. The van der Waals surface area contributed by atoms with Crippen LogP contribution >= 0.6 is 0 Å². The third kappa shape index (κ3) is 3.91. The number of anilines is 1. The molecule has 0 aliphatic heterocycles. The standard InChI is InChI=1S/C17H17N3O/c1-12-7-9-19-16(10-12)20-17(21)15-11-14(4-3-8-18)6-5-13(15)2/h5-7,9-11H,8,18H2,1-2H3,(H,19,20,21). The van der Waals surface area contributed by atoms with Crippen LogP contribution in [-0.2, 0) is 0 Å². The molecule has 1 amide bonds. The Balaban J connectivity index is 2.26. The molecule has 1 heterocycles. The molecule has 0 aliphatic rings. The minimum atomic E-state index is -0.193. The third-order valence-electron chi connectivity index (χ3n) is 2.97. The predicted molar refractivity (Wildman–Crippen MR) is 84.0 cm³/mol. The summed E-state index contributed by atoms with van der Waals surface area (Å²) in [5.41, 5.74) is 8.64. The van der Waals surface area contributed by atoms with E-state index in [0.29, 0.717) is 17.9 Å². The summed E-state index contributed by atoms with van der Waals surface area (Å²) in [6.07, 6.45) is 1.67. The van der Waals surface area contributed by atoms with Gasteiger partial charge in [-0.2, -0.15) is 0 Å². The molecule has 0 radical (unpaired) electrons. The fourth-order valence-electron chi connectivity index (χ4n) is 1.89. The van der Waals surface area contributed by atoms with E-state index in [-0.39, 0.29) is 5.91 Å². The first-order valence-corrected chi connectivity index (χ1v) is 6.64. The second kappa shape index (κ2) is 6.69. The van der Waals surface area contributed by atoms with Gasteiger partial charge in [0.25, 0.3) is 5.91 Å². The molecule has 1 aromatic carbocycles. The maximum atomic E-state index is 12.3. The Labute approximate surface area is 124 Å². The summed E-state index contributed by atoms with van der Waals surface area (Å²) in [5, 5.41) is 2.80. The van der Waals surface area contributed by atoms with Gasteiger partial charge in [-0.25, -0.2) is 4.98 Å². The van der Waals surface area contributed by atoms with Gasteiger partial charge in [0.1, 0.15) is 5.82 Å². The summed E-state index contributed by atoms with van der Waals surface area (Å²) in [7, 11) is 0. The number of hydrogen-bond donors (Lipinski definition) is 2. The lowest BCUT2D eigenvalue weighted by atomic mass is 10.0. The van der Waals surface area contributed by atoms with Gasteiger partial charge in [0.05, 0.1) is 6.54 Å². The monoisotopic (exact) mass is 279 g/mol. The Morgan fingerprint density at radius 2 is 2.10 bits per heavy atom. The zero-order chi connectivity index (χ0) is 15.2. The highest BCUT2D eigenvalue weighted by atomic mass is 16.1. The van der Waals surface area contributed by atoms with Gasteiger partial charge in [-0.05, 0) is 49.2 Å². The average molecular weight is 279 g/mol. The van der Waals surface area contributed by atoms with Crippen LogP contribution in [0.2, 0.25) is 0 Å². The van der Waals surface area contributed by atoms with Crippen LogP contribution in [0.25, 0.3) is 0 Å². The van der Waals surface area contributed by atoms with Crippen molar-refractivity contribution in [3.8, 4) is 11.8 Å². The first-order chi connectivity index (χ1) is 10.1. The second-order valence-corrected chi connectivity index (χ2v) is 4.71. The third-order valence-corrected chi connectivity index (χ3v) is 2.97. The van der Waals surface area contributed by atoms with Crippen LogP contribution in [0, 0.1) is 25.7 Å². The van der Waals surface area contributed by atoms with Gasteiger partial charge in [0.15, 0.2) is 0 Å². The molecule has 2 aromatic rings. The molecular formula is C17H17N3O. The molecule has 4 heteroatoms. The predicted octanol–water partition coefficient (Wildman–Crippen LogP) is 2.26. The van der Waals surface area contributed by atoms with Crippen LogP contribution < -0.4 is 11.1 Å². The number of rotatable bonds is 2. The second-order valence-electron chi connectivity index (χ2n) is 4.71. The minimum Gasteiger partial charge on any atom is -0.320 e. The number of nitrogens with zero attached hydrogens (tertiary/aromatic N) is 1. The van der Waals surface area contributed by atoms with Crippen LogP contribution in [0.3, 0.4) is 0 Å². The minimum absolute atomic E-state index is 0.193. The van der Waals surface area contributed by atoms with E-state index in [1.807, 2.05) is 38.1 Å². The molecule has 0 unspecified atom stereocenters. The number of hydrogen-bond acceptors (Lipinski definition) is 3. The van der Waals surface area contributed by atoms with Gasteiger partial charge in [0.2, 0.25) is 0 Å². The summed E-state index contributed by atoms with van der Waals surface area (Å²) in [6.45, 7) is 4.13. The van der Waals surface area contributed by atoms with Gasteiger partial charge in [-0.1, -0.05) is 17.9 Å². The molecule has 0 saturated heterocycles. The SMILES string of the molecule is Cc1ccnc(NC(=O)c2cc(C#CCN)ccc2C)c1. The normalized spacial score (nSPS) is 9.67. The van der Waals surface area contributed by atoms with E-state index < -0.39 is 0 Å². The molecule has 0 bridgehead atoms. The van der Waals surface area contributed by atoms with Crippen LogP contribution in [0.5, 0.6) is 0 Å². The van der Waals surface area contributed by atoms with Crippen molar-refractivity contribution < 1.29 is 4.79 Å². The number of benzene rings is 1. The quantitative estimate of drug-likeness (QED) is 0.829. The zero-order valence-electron chi connectivity index (χ0n) is 12.1. The highest BCUT2D eigenvalue weighted by molar-refractivity contribution is 6.05. The maximum Gasteiger partial charge on any atom is 0.257 e. The van der Waals surface area contributed by atoms with Crippen molar-refractivity contribution in [1.29, 1.82) is 0 Å². The first kappa shape index (κ1) is 14.8. The van der Waals surface area contributed by atoms with Gasteiger partial charge in [-0.15, -0.1) is 0 Å². The van der Waals surface area contributed by atoms with Crippen LogP contribution in [0.4, 0.5) is 5.82 Å². The summed E-state index contributed by atoms with van der Waals surface area (Å²) >= 11 is 0. The molecule has 1 aromatic heterocycles. The van der Waals surface area contributed by atoms with Crippen LogP contribution in [0.1, 0.15) is 27.0 Å². The molecule has 106 valence electrons. The molecule has 0 spiro atoms. The molecule has 3 N–H and O–H groups in total. The van der Waals surface area contributed by atoms with Gasteiger partial charge in [-0.3, -0.25) is 4.79 Å². The van der Waals surface area contributed by atoms with Crippen LogP contribution in [-0.4, -0.2) is 17.4 Å². The number of aryl methyl sites for hydroxylation is 2. The van der Waals surface area contributed by atoms with Gasteiger partial charge in [0, 0.05) is 17.3 Å². The lowest BCUT2D eigenvalue weighted by molar-refractivity contribution is 0.102. The van der Waals surface area contributed by atoms with Crippen molar-refractivity contribution in [1.82, 2.24) is 4.98 Å². The smallest absolute Gasteiger partial charge is 0.257 e. The van der Waals surface area contributed by atoms with Crippen molar-refractivity contribution >= 4 is 11.7 Å². The number of carbonyl (C=O) groups is 1. The lowest BCUT2D eigenvalue weighted by Gasteiger charge is -2.08. The van der Waals surface area contributed by atoms with Crippen molar-refractivity contribution in [2.24, 2.45) is 5.73 Å². The molecule has 21 heavy (non-hydrogen) atoms. The van der Waals surface area contributed by atoms with Gasteiger partial charge < -0.3 is 11.1 Å².